The Morgan fingerprint density at radius 3 is 2.75 bits per heavy atom. The highest BCUT2D eigenvalue weighted by molar-refractivity contribution is 7.98. The largest absolute Gasteiger partial charge is 0.276 e. The molecule has 4 aromatic rings. The Morgan fingerprint density at radius 2 is 2.00 bits per heavy atom. The summed E-state index contributed by atoms with van der Waals surface area (Å²) in [5.41, 5.74) is 0.900. The van der Waals surface area contributed by atoms with Crippen LogP contribution in [0, 0.1) is 5.82 Å². The molecular formula is C19H15Cl2FN4OS. The number of benzene rings is 2. The van der Waals surface area contributed by atoms with Crippen molar-refractivity contribution in [2.75, 3.05) is 0 Å². The fourth-order valence-corrected chi connectivity index (χ4v) is 4.54. The van der Waals surface area contributed by atoms with Crippen molar-refractivity contribution < 1.29 is 4.39 Å². The summed E-state index contributed by atoms with van der Waals surface area (Å²) < 4.78 is 17.5. The van der Waals surface area contributed by atoms with Crippen molar-refractivity contribution in [3.05, 3.63) is 68.2 Å². The molecule has 0 saturated carbocycles. The Bertz CT molecular complexity index is 1230. The Kier molecular flexibility index (Phi) is 5.31. The van der Waals surface area contributed by atoms with E-state index in [2.05, 4.69) is 10.2 Å². The summed E-state index contributed by atoms with van der Waals surface area (Å²) in [6.45, 7) is 2.49. The van der Waals surface area contributed by atoms with Gasteiger partial charge in [0.15, 0.2) is 5.16 Å². The first-order valence-electron chi connectivity index (χ1n) is 8.64. The van der Waals surface area contributed by atoms with Gasteiger partial charge in [0.25, 0.3) is 5.56 Å². The summed E-state index contributed by atoms with van der Waals surface area (Å²) in [7, 11) is 0. The van der Waals surface area contributed by atoms with Gasteiger partial charge in [-0.3, -0.25) is 13.8 Å². The molecule has 2 heterocycles. The van der Waals surface area contributed by atoms with E-state index >= 15 is 0 Å². The van der Waals surface area contributed by atoms with Gasteiger partial charge in [0.2, 0.25) is 5.78 Å². The standard InChI is InChI=1S/C19H15Cl2FN4OS/c1-2-8-25-17(27)12-9-11(20)6-7-16(12)26-18(25)23-24-19(26)28-10-13-14(21)4-3-5-15(13)22/h3-7,9H,2,8,10H2,1H3. The highest BCUT2D eigenvalue weighted by atomic mass is 35.5. The van der Waals surface area contributed by atoms with Crippen molar-refractivity contribution in [2.45, 2.75) is 30.8 Å². The van der Waals surface area contributed by atoms with Crippen LogP contribution in [0.1, 0.15) is 18.9 Å². The summed E-state index contributed by atoms with van der Waals surface area (Å²) in [5, 5.41) is 10.3. The van der Waals surface area contributed by atoms with E-state index in [4.69, 9.17) is 23.2 Å². The molecule has 5 nitrogen and oxygen atoms in total. The lowest BCUT2D eigenvalue weighted by Crippen LogP contribution is -2.23. The minimum absolute atomic E-state index is 0.159. The van der Waals surface area contributed by atoms with Gasteiger partial charge < -0.3 is 0 Å². The number of rotatable bonds is 5. The van der Waals surface area contributed by atoms with E-state index in [0.29, 0.717) is 44.0 Å². The number of halogens is 3. The highest BCUT2D eigenvalue weighted by Crippen LogP contribution is 2.29. The SMILES string of the molecule is CCCn1c(=O)c2cc(Cl)ccc2n2c(SCc3c(F)cccc3Cl)nnc12. The average Bonchev–Trinajstić information content (AvgIpc) is 3.08. The van der Waals surface area contributed by atoms with E-state index < -0.39 is 0 Å². The van der Waals surface area contributed by atoms with E-state index in [0.717, 1.165) is 6.42 Å². The highest BCUT2D eigenvalue weighted by Gasteiger charge is 2.18. The lowest BCUT2D eigenvalue weighted by Gasteiger charge is -2.11. The van der Waals surface area contributed by atoms with Crippen LogP contribution >= 0.6 is 35.0 Å². The first kappa shape index (κ1) is 19.2. The zero-order valence-electron chi connectivity index (χ0n) is 14.8. The van der Waals surface area contributed by atoms with Gasteiger partial charge in [-0.2, -0.15) is 0 Å². The zero-order valence-corrected chi connectivity index (χ0v) is 17.2. The third-order valence-corrected chi connectivity index (χ3v) is 5.93. The summed E-state index contributed by atoms with van der Waals surface area (Å²) in [5.74, 6) is 0.367. The molecule has 0 radical (unpaired) electrons. The summed E-state index contributed by atoms with van der Waals surface area (Å²) >= 11 is 13.5. The molecule has 0 unspecified atom stereocenters. The Labute approximate surface area is 174 Å². The number of aromatic nitrogens is 4. The fraction of sp³-hybridized carbons (Fsp3) is 0.211. The van der Waals surface area contributed by atoms with E-state index in [-0.39, 0.29) is 17.1 Å². The molecule has 0 aliphatic rings. The molecule has 0 N–H and O–H groups in total. The minimum Gasteiger partial charge on any atom is -0.276 e. The molecule has 28 heavy (non-hydrogen) atoms. The molecule has 0 aliphatic heterocycles. The Morgan fingerprint density at radius 1 is 1.18 bits per heavy atom. The number of aryl methyl sites for hydroxylation is 1. The van der Waals surface area contributed by atoms with E-state index in [1.165, 1.54) is 17.8 Å². The maximum Gasteiger partial charge on any atom is 0.262 e. The predicted octanol–water partition coefficient (Wildman–Crippen LogP) is 5.19. The molecule has 0 amide bonds. The quantitative estimate of drug-likeness (QED) is 0.403. The lowest BCUT2D eigenvalue weighted by molar-refractivity contribution is 0.617. The Hall–Kier alpha value is -2.09. The van der Waals surface area contributed by atoms with Gasteiger partial charge in [-0.25, -0.2) is 4.39 Å². The second kappa shape index (κ2) is 7.73. The maximum atomic E-state index is 14.1. The normalized spacial score (nSPS) is 11.6. The summed E-state index contributed by atoms with van der Waals surface area (Å²) in [6.07, 6.45) is 0.766. The van der Waals surface area contributed by atoms with Crippen LogP contribution in [-0.4, -0.2) is 19.2 Å². The number of nitrogens with zero attached hydrogens (tertiary/aromatic N) is 4. The van der Waals surface area contributed by atoms with Gasteiger partial charge in [0.05, 0.1) is 10.9 Å². The molecular weight excluding hydrogens is 422 g/mol. The first-order chi connectivity index (χ1) is 13.5. The van der Waals surface area contributed by atoms with Crippen molar-refractivity contribution >= 4 is 51.6 Å². The van der Waals surface area contributed by atoms with Crippen LogP contribution in [0.2, 0.25) is 10.0 Å². The number of hydrogen-bond acceptors (Lipinski definition) is 4. The predicted molar refractivity (Wildman–Crippen MR) is 111 cm³/mol. The fourth-order valence-electron chi connectivity index (χ4n) is 3.08. The van der Waals surface area contributed by atoms with Gasteiger partial charge in [-0.1, -0.05) is 48.0 Å². The number of fused-ring (bicyclic) bond motifs is 3. The third-order valence-electron chi connectivity index (χ3n) is 4.39. The summed E-state index contributed by atoms with van der Waals surface area (Å²) in [4.78, 5) is 12.9. The van der Waals surface area contributed by atoms with Gasteiger partial charge in [-0.15, -0.1) is 10.2 Å². The molecule has 0 spiro atoms. The minimum atomic E-state index is -0.367. The smallest absolute Gasteiger partial charge is 0.262 e. The second-order valence-electron chi connectivity index (χ2n) is 6.23. The van der Waals surface area contributed by atoms with Crippen molar-refractivity contribution in [1.29, 1.82) is 0 Å². The monoisotopic (exact) mass is 436 g/mol. The average molecular weight is 437 g/mol. The number of hydrogen-bond donors (Lipinski definition) is 0. The van der Waals surface area contributed by atoms with Crippen LogP contribution in [0.3, 0.4) is 0 Å². The molecule has 144 valence electrons. The molecule has 2 aromatic carbocycles. The van der Waals surface area contributed by atoms with Crippen LogP contribution in [0.4, 0.5) is 4.39 Å². The molecule has 4 rings (SSSR count). The van der Waals surface area contributed by atoms with Crippen LogP contribution in [0.15, 0.2) is 46.3 Å². The first-order valence-corrected chi connectivity index (χ1v) is 10.4. The number of thioether (sulfide) groups is 1. The molecule has 0 atom stereocenters. The lowest BCUT2D eigenvalue weighted by atomic mass is 10.2. The van der Waals surface area contributed by atoms with Crippen LogP contribution in [0.25, 0.3) is 16.7 Å². The molecule has 0 saturated heterocycles. The van der Waals surface area contributed by atoms with Gasteiger partial charge in [0, 0.05) is 27.9 Å². The Balaban J connectivity index is 1.88. The molecule has 0 fully saturated rings. The van der Waals surface area contributed by atoms with E-state index in [1.54, 1.807) is 34.9 Å². The maximum absolute atomic E-state index is 14.1. The van der Waals surface area contributed by atoms with Gasteiger partial charge in [0.1, 0.15) is 5.82 Å². The van der Waals surface area contributed by atoms with Crippen LogP contribution in [0.5, 0.6) is 0 Å². The van der Waals surface area contributed by atoms with Crippen LogP contribution in [-0.2, 0) is 12.3 Å². The van der Waals surface area contributed by atoms with E-state index in [1.807, 2.05) is 11.3 Å². The van der Waals surface area contributed by atoms with Crippen molar-refractivity contribution in [1.82, 2.24) is 19.2 Å². The summed E-state index contributed by atoms with van der Waals surface area (Å²) in [6, 6.07) is 9.73. The van der Waals surface area contributed by atoms with Crippen LogP contribution < -0.4 is 5.56 Å². The second-order valence-corrected chi connectivity index (χ2v) is 8.01. The van der Waals surface area contributed by atoms with Crippen molar-refractivity contribution in [2.24, 2.45) is 0 Å². The zero-order chi connectivity index (χ0) is 19.8. The van der Waals surface area contributed by atoms with Gasteiger partial charge >= 0.3 is 0 Å². The van der Waals surface area contributed by atoms with Crippen molar-refractivity contribution in [3.63, 3.8) is 0 Å². The third kappa shape index (κ3) is 3.27. The molecule has 0 bridgehead atoms. The molecule has 9 heteroatoms. The molecule has 0 aliphatic carbocycles. The topological polar surface area (TPSA) is 52.2 Å². The van der Waals surface area contributed by atoms with E-state index in [9.17, 15) is 9.18 Å². The van der Waals surface area contributed by atoms with Gasteiger partial charge in [-0.05, 0) is 36.8 Å². The molecule has 2 aromatic heterocycles. The van der Waals surface area contributed by atoms with Crippen molar-refractivity contribution in [3.8, 4) is 0 Å².